The number of aromatic nitrogens is 2. The van der Waals surface area contributed by atoms with Crippen LogP contribution in [0.5, 0.6) is 0 Å². The van der Waals surface area contributed by atoms with Crippen molar-refractivity contribution in [3.63, 3.8) is 0 Å². The quantitative estimate of drug-likeness (QED) is 0.250. The first kappa shape index (κ1) is 23.0. The summed E-state index contributed by atoms with van der Waals surface area (Å²) in [5.74, 6) is 2.12. The molecule has 0 atom stereocenters. The maximum absolute atomic E-state index is 5.23. The van der Waals surface area contributed by atoms with Crippen LogP contribution >= 0.6 is 23.5 Å². The third-order valence-corrected chi connectivity index (χ3v) is 8.75. The lowest BCUT2D eigenvalue weighted by atomic mass is 9.88. The molecule has 4 aromatic carbocycles. The van der Waals surface area contributed by atoms with Crippen molar-refractivity contribution in [2.75, 3.05) is 29.2 Å². The molecule has 6 rings (SSSR count). The molecular weight excluding hydrogens is 480 g/mol. The number of benzene rings is 4. The number of fused-ring (bicyclic) bond motifs is 2. The van der Waals surface area contributed by atoms with Crippen LogP contribution in [0.3, 0.4) is 0 Å². The minimum atomic E-state index is 0.914. The van der Waals surface area contributed by atoms with E-state index in [0.717, 1.165) is 66.3 Å². The van der Waals surface area contributed by atoms with Gasteiger partial charge in [-0.2, -0.15) is 0 Å². The van der Waals surface area contributed by atoms with Gasteiger partial charge in [0.2, 0.25) is 0 Å². The maximum Gasteiger partial charge on any atom is 0.129 e. The van der Waals surface area contributed by atoms with Crippen LogP contribution in [0, 0.1) is 6.92 Å². The third kappa shape index (κ3) is 4.21. The van der Waals surface area contributed by atoms with E-state index in [0.29, 0.717) is 0 Å². The highest BCUT2D eigenvalue weighted by Crippen LogP contribution is 2.47. The molecule has 178 valence electrons. The van der Waals surface area contributed by atoms with Gasteiger partial charge in [-0.25, -0.2) is 9.97 Å². The van der Waals surface area contributed by atoms with E-state index in [-0.39, 0.29) is 0 Å². The number of nitrogens with one attached hydrogen (secondary N) is 2. The molecule has 0 saturated heterocycles. The first-order chi connectivity index (χ1) is 17.7. The molecule has 1 aliphatic heterocycles. The molecule has 6 heteroatoms. The van der Waals surface area contributed by atoms with Gasteiger partial charge >= 0.3 is 0 Å². The second-order valence-electron chi connectivity index (χ2n) is 8.66. The van der Waals surface area contributed by atoms with Crippen LogP contribution in [0.2, 0.25) is 0 Å². The van der Waals surface area contributed by atoms with Crippen LogP contribution in [0.15, 0.2) is 95.0 Å². The lowest BCUT2D eigenvalue weighted by molar-refractivity contribution is 0.961. The fourth-order valence-electron chi connectivity index (χ4n) is 4.70. The number of anilines is 3. The highest BCUT2D eigenvalue weighted by atomic mass is 32.2. The van der Waals surface area contributed by atoms with Crippen LogP contribution in [0.25, 0.3) is 33.3 Å². The Morgan fingerprint density at radius 3 is 1.75 bits per heavy atom. The maximum atomic E-state index is 5.23. The molecule has 0 amide bonds. The molecule has 0 fully saturated rings. The average Bonchev–Trinajstić information content (AvgIpc) is 2.95. The summed E-state index contributed by atoms with van der Waals surface area (Å²) in [6, 6.07) is 29.6. The molecule has 0 bridgehead atoms. The number of nitrogens with zero attached hydrogens (tertiary/aromatic N) is 2. The molecule has 0 saturated carbocycles. The van der Waals surface area contributed by atoms with Crippen LogP contribution in [0.4, 0.5) is 17.1 Å². The molecule has 0 spiro atoms. The normalized spacial score (nSPS) is 12.8. The molecule has 2 heterocycles. The highest BCUT2D eigenvalue weighted by molar-refractivity contribution is 8.05. The lowest BCUT2D eigenvalue weighted by Gasteiger charge is -2.23. The molecule has 4 nitrogen and oxygen atoms in total. The van der Waals surface area contributed by atoms with Crippen molar-refractivity contribution >= 4 is 51.6 Å². The topological polar surface area (TPSA) is 49.8 Å². The summed E-state index contributed by atoms with van der Waals surface area (Å²) in [5, 5.41) is 9.03. The second kappa shape index (κ2) is 9.88. The summed E-state index contributed by atoms with van der Waals surface area (Å²) in [4.78, 5) is 10.4. The fraction of sp³-hybridized carbons (Fsp3) is 0.133. The Kier molecular flexibility index (Phi) is 6.30. The minimum Gasteiger partial charge on any atom is -0.388 e. The Morgan fingerprint density at radius 2 is 1.17 bits per heavy atom. The molecular formula is C30H26N4S2. The number of thioether (sulfide) groups is 2. The van der Waals surface area contributed by atoms with E-state index in [1.165, 1.54) is 11.1 Å². The molecule has 0 radical (unpaired) electrons. The summed E-state index contributed by atoms with van der Waals surface area (Å²) in [6.07, 6.45) is 0. The molecule has 1 aliphatic rings. The Labute approximate surface area is 220 Å². The Balaban J connectivity index is 1.71. The van der Waals surface area contributed by atoms with Crippen molar-refractivity contribution in [2.24, 2.45) is 0 Å². The van der Waals surface area contributed by atoms with Gasteiger partial charge in [-0.15, -0.1) is 23.5 Å². The van der Waals surface area contributed by atoms with Crippen molar-refractivity contribution in [1.82, 2.24) is 9.97 Å². The Hall–Kier alpha value is -3.48. The Morgan fingerprint density at radius 1 is 0.639 bits per heavy atom. The van der Waals surface area contributed by atoms with Crippen molar-refractivity contribution < 1.29 is 0 Å². The van der Waals surface area contributed by atoms with Gasteiger partial charge < -0.3 is 10.6 Å². The highest BCUT2D eigenvalue weighted by Gasteiger charge is 2.25. The summed E-state index contributed by atoms with van der Waals surface area (Å²) in [7, 11) is 1.93. The number of aryl methyl sites for hydroxylation is 1. The van der Waals surface area contributed by atoms with Gasteiger partial charge in [-0.3, -0.25) is 0 Å². The van der Waals surface area contributed by atoms with Crippen molar-refractivity contribution in [3.05, 3.63) is 90.5 Å². The zero-order valence-electron chi connectivity index (χ0n) is 20.2. The van der Waals surface area contributed by atoms with Gasteiger partial charge in [-0.05, 0) is 53.4 Å². The van der Waals surface area contributed by atoms with Gasteiger partial charge in [0.15, 0.2) is 0 Å². The van der Waals surface area contributed by atoms with E-state index in [9.17, 15) is 0 Å². The van der Waals surface area contributed by atoms with Crippen LogP contribution in [-0.4, -0.2) is 28.5 Å². The van der Waals surface area contributed by atoms with Crippen LogP contribution in [-0.2, 0) is 0 Å². The minimum absolute atomic E-state index is 0.914. The predicted molar refractivity (Wildman–Crippen MR) is 156 cm³/mol. The van der Waals surface area contributed by atoms with Gasteiger partial charge in [0.05, 0.1) is 11.2 Å². The monoisotopic (exact) mass is 506 g/mol. The summed E-state index contributed by atoms with van der Waals surface area (Å²) in [5.41, 5.74) is 10.7. The molecule has 1 aromatic heterocycles. The standard InChI is InChI=1S/C30H26N4S2/c1-19-24(20-9-5-3-6-10-20)25(21-11-7-4-8-12-21)27(32-23-15-13-22(31-2)14-16-23)28-26(19)33-29-30(34-28)36-18-17-35-29/h3-16,31-32H,17-18H2,1-2H3. The van der Waals surface area contributed by atoms with E-state index in [1.54, 1.807) is 23.5 Å². The molecule has 0 unspecified atom stereocenters. The number of hydrogen-bond acceptors (Lipinski definition) is 6. The molecule has 5 aromatic rings. The zero-order valence-corrected chi connectivity index (χ0v) is 21.8. The van der Waals surface area contributed by atoms with Gasteiger partial charge in [0.25, 0.3) is 0 Å². The summed E-state index contributed by atoms with van der Waals surface area (Å²) in [6.45, 7) is 2.18. The summed E-state index contributed by atoms with van der Waals surface area (Å²) >= 11 is 3.61. The van der Waals surface area contributed by atoms with Crippen molar-refractivity contribution in [2.45, 2.75) is 17.0 Å². The fourth-order valence-corrected chi connectivity index (χ4v) is 6.76. The van der Waals surface area contributed by atoms with Gasteiger partial charge in [-0.1, -0.05) is 60.7 Å². The number of rotatable bonds is 5. The van der Waals surface area contributed by atoms with E-state index in [4.69, 9.17) is 9.97 Å². The second-order valence-corrected chi connectivity index (χ2v) is 10.8. The SMILES string of the molecule is CNc1ccc(Nc2c(-c3ccccc3)c(-c3ccccc3)c(C)c3nc4c(nc23)SCCS4)cc1. The molecule has 36 heavy (non-hydrogen) atoms. The largest absolute Gasteiger partial charge is 0.388 e. The summed E-state index contributed by atoms with van der Waals surface area (Å²) < 4.78 is 0. The predicted octanol–water partition coefficient (Wildman–Crippen LogP) is 8.26. The van der Waals surface area contributed by atoms with Crippen molar-refractivity contribution in [3.8, 4) is 22.3 Å². The van der Waals surface area contributed by atoms with Crippen LogP contribution < -0.4 is 10.6 Å². The Bertz CT molecular complexity index is 1540. The smallest absolute Gasteiger partial charge is 0.129 e. The third-order valence-electron chi connectivity index (χ3n) is 6.43. The first-order valence-electron chi connectivity index (χ1n) is 12.0. The van der Waals surface area contributed by atoms with Gasteiger partial charge in [0.1, 0.15) is 15.6 Å². The first-order valence-corrected chi connectivity index (χ1v) is 14.0. The van der Waals surface area contributed by atoms with Gasteiger partial charge in [0, 0.05) is 35.5 Å². The van der Waals surface area contributed by atoms with E-state index < -0.39 is 0 Å². The zero-order chi connectivity index (χ0) is 24.5. The molecule has 2 N–H and O–H groups in total. The van der Waals surface area contributed by atoms with E-state index >= 15 is 0 Å². The van der Waals surface area contributed by atoms with Crippen molar-refractivity contribution in [1.29, 1.82) is 0 Å². The van der Waals surface area contributed by atoms with Crippen LogP contribution in [0.1, 0.15) is 5.56 Å². The number of hydrogen-bond donors (Lipinski definition) is 2. The lowest BCUT2D eigenvalue weighted by Crippen LogP contribution is -2.06. The van der Waals surface area contributed by atoms with E-state index in [1.807, 2.05) is 7.05 Å². The van der Waals surface area contributed by atoms with E-state index in [2.05, 4.69) is 102 Å². The average molecular weight is 507 g/mol. The molecule has 0 aliphatic carbocycles.